The molecule has 0 aromatic rings. The van der Waals surface area contributed by atoms with E-state index in [9.17, 15) is 0 Å². The lowest BCUT2D eigenvalue weighted by atomic mass is 10.3. The summed E-state index contributed by atoms with van der Waals surface area (Å²) in [4.78, 5) is 0. The molecule has 1 fully saturated rings. The van der Waals surface area contributed by atoms with Crippen molar-refractivity contribution in [3.05, 3.63) is 0 Å². The van der Waals surface area contributed by atoms with Crippen LogP contribution in [0.25, 0.3) is 0 Å². The molecule has 0 aromatic carbocycles. The minimum Gasteiger partial charge on any atom is -0.373 e. The van der Waals surface area contributed by atoms with Gasteiger partial charge in [-0.15, -0.1) is 0 Å². The highest BCUT2D eigenvalue weighted by Gasteiger charge is 2.22. The summed E-state index contributed by atoms with van der Waals surface area (Å²) in [5.41, 5.74) is 0. The molecule has 2 atom stereocenters. The Morgan fingerprint density at radius 1 is 1.31 bits per heavy atom. The molecule has 0 aliphatic carbocycles. The molecule has 0 aromatic heterocycles. The predicted octanol–water partition coefficient (Wildman–Crippen LogP) is 2.80. The van der Waals surface area contributed by atoms with Gasteiger partial charge in [-0.3, -0.25) is 0 Å². The van der Waals surface area contributed by atoms with E-state index in [-0.39, 0.29) is 0 Å². The first kappa shape index (κ1) is 11.7. The fourth-order valence-electron chi connectivity index (χ4n) is 1.39. The van der Waals surface area contributed by atoms with Gasteiger partial charge in [-0.2, -0.15) is 0 Å². The quantitative estimate of drug-likeness (QED) is 0.411. The Bertz CT molecular complexity index is 136. The molecule has 0 radical (unpaired) electrons. The van der Waals surface area contributed by atoms with Gasteiger partial charge in [-0.1, -0.05) is 17.7 Å². The van der Waals surface area contributed by atoms with Gasteiger partial charge in [-0.05, 0) is 31.2 Å². The minimum absolute atomic E-state index is 0.387. The summed E-state index contributed by atoms with van der Waals surface area (Å²) in [6.07, 6.45) is 2.03. The van der Waals surface area contributed by atoms with Crippen molar-refractivity contribution in [2.75, 3.05) is 18.8 Å². The second kappa shape index (κ2) is 6.17. The van der Waals surface area contributed by atoms with Crippen molar-refractivity contribution in [2.24, 2.45) is 0 Å². The summed E-state index contributed by atoms with van der Waals surface area (Å²) in [5, 5.41) is 0. The molecule has 1 heterocycles. The molecule has 1 aliphatic rings. The Labute approximate surface area is 89.3 Å². The Morgan fingerprint density at radius 3 is 2.46 bits per heavy atom. The first-order chi connectivity index (χ1) is 6.22. The van der Waals surface area contributed by atoms with Crippen molar-refractivity contribution in [1.82, 2.24) is 4.31 Å². The second-order valence-electron chi connectivity index (χ2n) is 3.50. The van der Waals surface area contributed by atoms with E-state index in [2.05, 4.69) is 25.1 Å². The van der Waals surface area contributed by atoms with Gasteiger partial charge in [0.05, 0.1) is 12.2 Å². The van der Waals surface area contributed by atoms with Gasteiger partial charge in [-0.25, -0.2) is 4.31 Å². The number of nitrogens with zero attached hydrogens (tertiary/aromatic N) is 1. The van der Waals surface area contributed by atoms with Gasteiger partial charge in [0.15, 0.2) is 0 Å². The maximum Gasteiger partial charge on any atom is 0.0687 e. The smallest absolute Gasteiger partial charge is 0.0687 e. The summed E-state index contributed by atoms with van der Waals surface area (Å²) in [6, 6.07) is 0. The average molecular weight is 221 g/mol. The van der Waals surface area contributed by atoms with Gasteiger partial charge >= 0.3 is 0 Å². The molecule has 1 saturated heterocycles. The van der Waals surface area contributed by atoms with E-state index in [1.54, 1.807) is 0 Å². The zero-order valence-corrected chi connectivity index (χ0v) is 10.3. The van der Waals surface area contributed by atoms with E-state index in [0.29, 0.717) is 12.2 Å². The van der Waals surface area contributed by atoms with E-state index >= 15 is 0 Å². The molecule has 1 aliphatic heterocycles. The Hall–Kier alpha value is 0.620. The van der Waals surface area contributed by atoms with E-state index in [0.717, 1.165) is 13.1 Å². The summed E-state index contributed by atoms with van der Waals surface area (Å²) in [7, 11) is 3.85. The largest absolute Gasteiger partial charge is 0.373 e. The predicted molar refractivity (Wildman–Crippen MR) is 61.9 cm³/mol. The first-order valence-electron chi connectivity index (χ1n) is 4.92. The monoisotopic (exact) mass is 221 g/mol. The van der Waals surface area contributed by atoms with Crippen LogP contribution in [-0.2, 0) is 4.74 Å². The summed E-state index contributed by atoms with van der Waals surface area (Å²) < 4.78 is 8.07. The van der Waals surface area contributed by atoms with Crippen LogP contribution in [0, 0.1) is 0 Å². The van der Waals surface area contributed by atoms with Crippen molar-refractivity contribution in [3.8, 4) is 0 Å². The van der Waals surface area contributed by atoms with Gasteiger partial charge in [0.2, 0.25) is 0 Å². The third-order valence-electron chi connectivity index (χ3n) is 1.83. The molecular formula is C9H19NOS2. The standard InChI is InChI=1S/C9H19NOS2/c1-4-5-12-13-10-6-8(2)11-9(3)7-10/h8-9H,4-7H2,1-3H3. The molecule has 13 heavy (non-hydrogen) atoms. The molecule has 0 bridgehead atoms. The van der Waals surface area contributed by atoms with Crippen LogP contribution in [0.1, 0.15) is 27.2 Å². The van der Waals surface area contributed by atoms with E-state index in [4.69, 9.17) is 4.74 Å². The normalized spacial score (nSPS) is 30.7. The lowest BCUT2D eigenvalue weighted by Crippen LogP contribution is -2.41. The summed E-state index contributed by atoms with van der Waals surface area (Å²) >= 11 is 0. The maximum absolute atomic E-state index is 5.66. The van der Waals surface area contributed by atoms with Crippen molar-refractivity contribution in [2.45, 2.75) is 39.4 Å². The van der Waals surface area contributed by atoms with Crippen LogP contribution in [0.2, 0.25) is 0 Å². The highest BCUT2D eigenvalue weighted by molar-refractivity contribution is 8.75. The van der Waals surface area contributed by atoms with Gasteiger partial charge in [0.1, 0.15) is 0 Å². The van der Waals surface area contributed by atoms with Crippen molar-refractivity contribution < 1.29 is 4.74 Å². The van der Waals surface area contributed by atoms with Crippen LogP contribution in [0.3, 0.4) is 0 Å². The van der Waals surface area contributed by atoms with Crippen LogP contribution >= 0.6 is 21.8 Å². The van der Waals surface area contributed by atoms with Gasteiger partial charge in [0, 0.05) is 18.8 Å². The van der Waals surface area contributed by atoms with Crippen LogP contribution in [-0.4, -0.2) is 35.4 Å². The lowest BCUT2D eigenvalue weighted by Gasteiger charge is -2.33. The SMILES string of the molecule is CCCSSN1CC(C)OC(C)C1. The fraction of sp³-hybridized carbons (Fsp3) is 1.00. The van der Waals surface area contributed by atoms with Crippen LogP contribution < -0.4 is 0 Å². The molecule has 2 unspecified atom stereocenters. The number of rotatable bonds is 4. The molecule has 0 amide bonds. The van der Waals surface area contributed by atoms with Crippen LogP contribution in [0.4, 0.5) is 0 Å². The number of morpholine rings is 1. The van der Waals surface area contributed by atoms with Gasteiger partial charge < -0.3 is 4.74 Å². The molecule has 0 N–H and O–H groups in total. The zero-order valence-electron chi connectivity index (χ0n) is 8.66. The Morgan fingerprint density at radius 2 is 1.92 bits per heavy atom. The maximum atomic E-state index is 5.66. The molecule has 4 heteroatoms. The van der Waals surface area contributed by atoms with Crippen molar-refractivity contribution in [1.29, 1.82) is 0 Å². The van der Waals surface area contributed by atoms with Crippen molar-refractivity contribution >= 4 is 21.8 Å². The highest BCUT2D eigenvalue weighted by atomic mass is 33.1. The first-order valence-corrected chi connectivity index (χ1v) is 7.20. The topological polar surface area (TPSA) is 12.5 Å². The molecule has 78 valence electrons. The molecule has 0 saturated carbocycles. The molecule has 2 nitrogen and oxygen atoms in total. The zero-order chi connectivity index (χ0) is 9.68. The molecular weight excluding hydrogens is 202 g/mol. The van der Waals surface area contributed by atoms with Crippen LogP contribution in [0.5, 0.6) is 0 Å². The Balaban J connectivity index is 2.17. The fourth-order valence-corrected chi connectivity index (χ4v) is 3.85. The third-order valence-corrected chi connectivity index (χ3v) is 4.47. The summed E-state index contributed by atoms with van der Waals surface area (Å²) in [5.74, 6) is 1.24. The molecule has 1 rings (SSSR count). The number of hydrogen-bond acceptors (Lipinski definition) is 4. The van der Waals surface area contributed by atoms with E-state index < -0.39 is 0 Å². The van der Waals surface area contributed by atoms with Gasteiger partial charge in [0.25, 0.3) is 0 Å². The average Bonchev–Trinajstić information content (AvgIpc) is 2.03. The highest BCUT2D eigenvalue weighted by Crippen LogP contribution is 2.29. The Kier molecular flexibility index (Phi) is 5.55. The van der Waals surface area contributed by atoms with Crippen LogP contribution in [0.15, 0.2) is 0 Å². The molecule has 0 spiro atoms. The summed E-state index contributed by atoms with van der Waals surface area (Å²) in [6.45, 7) is 8.64. The third kappa shape index (κ3) is 4.58. The lowest BCUT2D eigenvalue weighted by molar-refractivity contribution is -0.0410. The number of ether oxygens (including phenoxy) is 1. The van der Waals surface area contributed by atoms with E-state index in [1.807, 2.05) is 21.8 Å². The van der Waals surface area contributed by atoms with Crippen molar-refractivity contribution in [3.63, 3.8) is 0 Å². The minimum atomic E-state index is 0.387. The number of hydrogen-bond donors (Lipinski definition) is 0. The van der Waals surface area contributed by atoms with E-state index in [1.165, 1.54) is 12.2 Å². The second-order valence-corrected chi connectivity index (χ2v) is 5.96.